The Balaban J connectivity index is 0.00000210. The van der Waals surface area contributed by atoms with Crippen molar-refractivity contribution in [3.63, 3.8) is 0 Å². The second-order valence-corrected chi connectivity index (χ2v) is 7.32. The molecular weight excluding hydrogens is 368 g/mol. The van der Waals surface area contributed by atoms with Crippen LogP contribution in [0.15, 0.2) is 24.3 Å². The van der Waals surface area contributed by atoms with E-state index in [9.17, 15) is 14.4 Å². The fraction of sp³-hybridized carbons (Fsp3) is 0.526. The first kappa shape index (κ1) is 19.6. The Labute approximate surface area is 164 Å². The lowest BCUT2D eigenvalue weighted by Crippen LogP contribution is -2.47. The number of urea groups is 1. The molecule has 4 rings (SSSR count). The molecule has 0 bridgehead atoms. The number of likely N-dealkylation sites (N-methyl/N-ethyl adjacent to an activating group) is 1. The number of aryl methyl sites for hydroxylation is 1. The van der Waals surface area contributed by atoms with Crippen molar-refractivity contribution < 1.29 is 14.4 Å². The summed E-state index contributed by atoms with van der Waals surface area (Å²) in [6, 6.07) is 7.37. The largest absolute Gasteiger partial charge is 0.337 e. The topological polar surface area (TPSA) is 81.8 Å². The van der Waals surface area contributed by atoms with Crippen LogP contribution in [0.1, 0.15) is 30.4 Å². The highest BCUT2D eigenvalue weighted by Crippen LogP contribution is 2.41. The van der Waals surface area contributed by atoms with Crippen molar-refractivity contribution in [1.29, 1.82) is 0 Å². The number of nitrogens with zero attached hydrogens (tertiary/aromatic N) is 2. The molecule has 2 heterocycles. The monoisotopic (exact) mass is 392 g/mol. The number of halogens is 1. The summed E-state index contributed by atoms with van der Waals surface area (Å²) in [5.74, 6) is -0.459. The van der Waals surface area contributed by atoms with Gasteiger partial charge in [-0.2, -0.15) is 0 Å². The molecule has 146 valence electrons. The molecule has 0 aromatic heterocycles. The van der Waals surface area contributed by atoms with Crippen LogP contribution in [0, 0.1) is 0 Å². The molecule has 2 unspecified atom stereocenters. The number of benzene rings is 1. The summed E-state index contributed by atoms with van der Waals surface area (Å²) in [6.07, 6.45) is 3.20. The summed E-state index contributed by atoms with van der Waals surface area (Å²) < 4.78 is 0. The van der Waals surface area contributed by atoms with E-state index in [4.69, 9.17) is 0 Å². The van der Waals surface area contributed by atoms with Crippen LogP contribution in [0.3, 0.4) is 0 Å². The number of imide groups is 1. The van der Waals surface area contributed by atoms with E-state index >= 15 is 0 Å². The van der Waals surface area contributed by atoms with E-state index in [2.05, 4.69) is 10.6 Å². The third-order valence-electron chi connectivity index (χ3n) is 5.85. The minimum atomic E-state index is -0.997. The maximum Gasteiger partial charge on any atom is 0.325 e. The highest BCUT2D eigenvalue weighted by atomic mass is 35.5. The molecule has 2 N–H and O–H groups in total. The molecule has 27 heavy (non-hydrogen) atoms. The molecule has 2 saturated heterocycles. The van der Waals surface area contributed by atoms with E-state index in [0.717, 1.165) is 41.8 Å². The highest BCUT2D eigenvalue weighted by Gasteiger charge is 2.55. The first-order chi connectivity index (χ1) is 12.6. The Hall–Kier alpha value is -2.12. The Morgan fingerprint density at radius 1 is 1.33 bits per heavy atom. The normalized spacial score (nSPS) is 26.3. The van der Waals surface area contributed by atoms with Gasteiger partial charge in [0.1, 0.15) is 12.1 Å². The van der Waals surface area contributed by atoms with E-state index < -0.39 is 11.6 Å². The zero-order valence-corrected chi connectivity index (χ0v) is 16.2. The number of likely N-dealkylation sites (tertiary alicyclic amines) is 1. The van der Waals surface area contributed by atoms with Gasteiger partial charge in [0.25, 0.3) is 5.91 Å². The fourth-order valence-corrected chi connectivity index (χ4v) is 4.57. The fourth-order valence-electron chi connectivity index (χ4n) is 4.57. The van der Waals surface area contributed by atoms with Gasteiger partial charge >= 0.3 is 6.03 Å². The Bertz CT molecular complexity index is 771. The number of nitrogens with one attached hydrogen (secondary N) is 2. The number of hydrogen-bond donors (Lipinski definition) is 2. The SMILES string of the molecule is CNCC1CCCN1C(=O)CN1C(=O)NC2(CCc3ccccc32)C1=O.Cl. The quantitative estimate of drug-likeness (QED) is 0.749. The second kappa shape index (κ2) is 7.48. The molecule has 0 saturated carbocycles. The first-order valence-electron chi connectivity index (χ1n) is 9.23. The molecule has 1 aromatic rings. The molecule has 0 radical (unpaired) electrons. The molecule has 7 nitrogen and oxygen atoms in total. The van der Waals surface area contributed by atoms with Gasteiger partial charge in [0, 0.05) is 19.1 Å². The van der Waals surface area contributed by atoms with Crippen molar-refractivity contribution in [2.45, 2.75) is 37.3 Å². The van der Waals surface area contributed by atoms with Crippen LogP contribution in [0.4, 0.5) is 4.79 Å². The zero-order chi connectivity index (χ0) is 18.3. The van der Waals surface area contributed by atoms with Crippen LogP contribution >= 0.6 is 12.4 Å². The maximum absolute atomic E-state index is 13.1. The Kier molecular flexibility index (Phi) is 5.44. The standard InChI is InChI=1S/C19H24N4O3.ClH/c1-20-11-14-6-4-10-22(14)16(24)12-23-17(25)19(21-18(23)26)9-8-13-5-2-3-7-15(13)19;/h2-3,5,7,14,20H,4,6,8-12H2,1H3,(H,21,26);1H. The van der Waals surface area contributed by atoms with E-state index in [1.54, 1.807) is 4.90 Å². The van der Waals surface area contributed by atoms with Crippen molar-refractivity contribution in [3.05, 3.63) is 35.4 Å². The molecule has 1 spiro atoms. The van der Waals surface area contributed by atoms with Crippen LogP contribution < -0.4 is 10.6 Å². The van der Waals surface area contributed by atoms with Crippen LogP contribution in [0.2, 0.25) is 0 Å². The van der Waals surface area contributed by atoms with Gasteiger partial charge in [0.05, 0.1) is 0 Å². The molecular formula is C19H25ClN4O3. The van der Waals surface area contributed by atoms with Gasteiger partial charge in [-0.05, 0) is 43.9 Å². The predicted octanol–water partition coefficient (Wildman–Crippen LogP) is 1.01. The first-order valence-corrected chi connectivity index (χ1v) is 9.23. The number of carbonyl (C=O) groups excluding carboxylic acids is 3. The summed E-state index contributed by atoms with van der Waals surface area (Å²) in [5, 5.41) is 5.97. The van der Waals surface area contributed by atoms with Crippen molar-refractivity contribution in [1.82, 2.24) is 20.4 Å². The van der Waals surface area contributed by atoms with Gasteiger partial charge in [-0.3, -0.25) is 14.5 Å². The van der Waals surface area contributed by atoms with Gasteiger partial charge < -0.3 is 15.5 Å². The van der Waals surface area contributed by atoms with Gasteiger partial charge in [-0.25, -0.2) is 4.79 Å². The summed E-state index contributed by atoms with van der Waals surface area (Å²) in [7, 11) is 1.86. The van der Waals surface area contributed by atoms with Crippen molar-refractivity contribution in [2.75, 3.05) is 26.7 Å². The average molecular weight is 393 g/mol. The minimum absolute atomic E-state index is 0. The van der Waals surface area contributed by atoms with E-state index in [1.807, 2.05) is 31.3 Å². The van der Waals surface area contributed by atoms with Crippen LogP contribution in [-0.4, -0.2) is 60.4 Å². The Morgan fingerprint density at radius 2 is 2.11 bits per heavy atom. The molecule has 3 aliphatic rings. The lowest BCUT2D eigenvalue weighted by atomic mass is 9.92. The smallest absolute Gasteiger partial charge is 0.325 e. The summed E-state index contributed by atoms with van der Waals surface area (Å²) in [5.41, 5.74) is 0.953. The summed E-state index contributed by atoms with van der Waals surface area (Å²) in [4.78, 5) is 41.3. The van der Waals surface area contributed by atoms with Crippen molar-refractivity contribution >= 4 is 30.3 Å². The average Bonchev–Trinajstić information content (AvgIpc) is 3.30. The number of carbonyl (C=O) groups is 3. The minimum Gasteiger partial charge on any atom is -0.337 e. The zero-order valence-electron chi connectivity index (χ0n) is 15.4. The highest BCUT2D eigenvalue weighted by molar-refractivity contribution is 6.09. The molecule has 8 heteroatoms. The molecule has 2 fully saturated rings. The van der Waals surface area contributed by atoms with Gasteiger partial charge in [-0.1, -0.05) is 24.3 Å². The molecule has 1 aliphatic carbocycles. The summed E-state index contributed by atoms with van der Waals surface area (Å²) >= 11 is 0. The number of rotatable bonds is 4. The van der Waals surface area contributed by atoms with E-state index in [-0.39, 0.29) is 36.8 Å². The molecule has 2 atom stereocenters. The third-order valence-corrected chi connectivity index (χ3v) is 5.85. The Morgan fingerprint density at radius 3 is 2.89 bits per heavy atom. The number of amides is 4. The van der Waals surface area contributed by atoms with Gasteiger partial charge in [-0.15, -0.1) is 12.4 Å². The maximum atomic E-state index is 13.1. The van der Waals surface area contributed by atoms with Crippen LogP contribution in [0.5, 0.6) is 0 Å². The van der Waals surface area contributed by atoms with Gasteiger partial charge in [0.15, 0.2) is 0 Å². The van der Waals surface area contributed by atoms with Crippen LogP contribution in [0.25, 0.3) is 0 Å². The second-order valence-electron chi connectivity index (χ2n) is 7.32. The van der Waals surface area contributed by atoms with Crippen molar-refractivity contribution in [3.8, 4) is 0 Å². The molecule has 1 aromatic carbocycles. The van der Waals surface area contributed by atoms with Crippen LogP contribution in [-0.2, 0) is 21.5 Å². The summed E-state index contributed by atoms with van der Waals surface area (Å²) in [6.45, 7) is 1.22. The molecule has 2 aliphatic heterocycles. The molecule has 4 amide bonds. The number of fused-ring (bicyclic) bond motifs is 2. The third kappa shape index (κ3) is 3.08. The van der Waals surface area contributed by atoms with E-state index in [0.29, 0.717) is 13.0 Å². The van der Waals surface area contributed by atoms with E-state index in [1.165, 1.54) is 0 Å². The van der Waals surface area contributed by atoms with Gasteiger partial charge in [0.2, 0.25) is 5.91 Å². The predicted molar refractivity (Wildman–Crippen MR) is 103 cm³/mol. The number of hydrogen-bond acceptors (Lipinski definition) is 4. The van der Waals surface area contributed by atoms with Crippen molar-refractivity contribution in [2.24, 2.45) is 0 Å². The lowest BCUT2D eigenvalue weighted by Gasteiger charge is -2.26. The lowest BCUT2D eigenvalue weighted by molar-refractivity contribution is -0.139.